The largest absolute Gasteiger partial charge is 0.497 e. The van der Waals surface area contributed by atoms with E-state index in [1.54, 1.807) is 12.1 Å². The van der Waals surface area contributed by atoms with Gasteiger partial charge in [-0.1, -0.05) is 0 Å². The number of ether oxygens (including phenoxy) is 4. The molecule has 1 N–H and O–H groups in total. The molecule has 0 fully saturated rings. The number of esters is 2. The Morgan fingerprint density at radius 1 is 1.00 bits per heavy atom. The Labute approximate surface area is 133 Å². The molecule has 1 unspecified atom stereocenters. The van der Waals surface area contributed by atoms with E-state index in [-0.39, 0.29) is 0 Å². The molecule has 0 amide bonds. The summed E-state index contributed by atoms with van der Waals surface area (Å²) < 4.78 is 19.2. The monoisotopic (exact) mass is 326 g/mol. The predicted octanol–water partition coefficient (Wildman–Crippen LogP) is 1.26. The molecule has 0 bridgehead atoms. The molecule has 0 spiro atoms. The number of carbonyl (C=O) groups excluding carboxylic acids is 2. The molecule has 0 radical (unpaired) electrons. The molecular weight excluding hydrogens is 308 g/mol. The first kappa shape index (κ1) is 18.6. The molecule has 0 heterocycles. The van der Waals surface area contributed by atoms with Gasteiger partial charge in [0, 0.05) is 18.7 Å². The van der Waals surface area contributed by atoms with E-state index in [1.165, 1.54) is 26.4 Å². The fourth-order valence-corrected chi connectivity index (χ4v) is 1.81. The Kier molecular flexibility index (Phi) is 6.70. The first-order valence-electron chi connectivity index (χ1n) is 6.39. The van der Waals surface area contributed by atoms with Crippen LogP contribution in [0.1, 0.15) is 5.56 Å². The minimum absolute atomic E-state index is 0.300. The van der Waals surface area contributed by atoms with E-state index < -0.39 is 23.3 Å². The molecule has 1 aromatic rings. The van der Waals surface area contributed by atoms with E-state index in [4.69, 9.17) is 9.47 Å². The van der Waals surface area contributed by atoms with Crippen LogP contribution in [0.25, 0.3) is 0 Å². The number of hydrogen-bond acceptors (Lipinski definition) is 8. The maximum Gasteiger partial charge on any atom is 0.345 e. The molecule has 0 aliphatic rings. The van der Waals surface area contributed by atoms with Crippen LogP contribution in [0.2, 0.25) is 0 Å². The highest BCUT2D eigenvalue weighted by Gasteiger charge is 2.36. The average molecular weight is 326 g/mol. The third-order valence-electron chi connectivity index (χ3n) is 3.08. The molecule has 1 aromatic carbocycles. The summed E-state index contributed by atoms with van der Waals surface area (Å²) in [7, 11) is 4.92. The van der Waals surface area contributed by atoms with Crippen molar-refractivity contribution >= 4 is 11.9 Å². The highest BCUT2D eigenvalue weighted by atomic mass is 17.1. The Bertz CT molecular complexity index is 554. The second kappa shape index (κ2) is 8.28. The summed E-state index contributed by atoms with van der Waals surface area (Å²) in [6, 6.07) is 6.24. The minimum Gasteiger partial charge on any atom is -0.497 e. The van der Waals surface area contributed by atoms with Crippen molar-refractivity contribution in [2.75, 3.05) is 28.4 Å². The van der Waals surface area contributed by atoms with E-state index in [2.05, 4.69) is 14.4 Å². The number of benzene rings is 1. The number of hydrogen-bond donors (Lipinski definition) is 1. The van der Waals surface area contributed by atoms with Gasteiger partial charge in [-0.3, -0.25) is 0 Å². The molecule has 23 heavy (non-hydrogen) atoms. The third-order valence-corrected chi connectivity index (χ3v) is 3.08. The van der Waals surface area contributed by atoms with Gasteiger partial charge in [-0.2, -0.15) is 4.89 Å². The van der Waals surface area contributed by atoms with Crippen LogP contribution in [0.3, 0.4) is 0 Å². The predicted molar refractivity (Wildman–Crippen MR) is 77.5 cm³/mol. The minimum atomic E-state index is -1.91. The van der Waals surface area contributed by atoms with E-state index in [9.17, 15) is 14.8 Å². The van der Waals surface area contributed by atoms with Crippen molar-refractivity contribution in [3.05, 3.63) is 41.5 Å². The van der Waals surface area contributed by atoms with Crippen molar-refractivity contribution in [2.45, 2.75) is 5.79 Å². The van der Waals surface area contributed by atoms with Gasteiger partial charge in [0.1, 0.15) is 11.3 Å². The summed E-state index contributed by atoms with van der Waals surface area (Å²) in [6.45, 7) is 0. The van der Waals surface area contributed by atoms with E-state index in [0.29, 0.717) is 11.3 Å². The van der Waals surface area contributed by atoms with Crippen molar-refractivity contribution in [2.24, 2.45) is 0 Å². The fraction of sp³-hybridized carbons (Fsp3) is 0.333. The van der Waals surface area contributed by atoms with Crippen LogP contribution in [0.4, 0.5) is 0 Å². The van der Waals surface area contributed by atoms with Crippen molar-refractivity contribution in [3.63, 3.8) is 0 Å². The summed E-state index contributed by atoms with van der Waals surface area (Å²) in [4.78, 5) is 27.9. The molecule has 0 saturated heterocycles. The van der Waals surface area contributed by atoms with Gasteiger partial charge < -0.3 is 18.9 Å². The summed E-state index contributed by atoms with van der Waals surface area (Å²) in [5, 5.41) is 9.31. The van der Waals surface area contributed by atoms with Gasteiger partial charge in [-0.05, 0) is 24.3 Å². The summed E-state index contributed by atoms with van der Waals surface area (Å²) in [5.74, 6) is -3.29. The summed E-state index contributed by atoms with van der Waals surface area (Å²) >= 11 is 0. The van der Waals surface area contributed by atoms with Crippen LogP contribution < -0.4 is 4.74 Å². The van der Waals surface area contributed by atoms with Crippen LogP contribution in [0, 0.1) is 0 Å². The van der Waals surface area contributed by atoms with Crippen LogP contribution in [-0.2, 0) is 34.5 Å². The zero-order valence-corrected chi connectivity index (χ0v) is 13.2. The third kappa shape index (κ3) is 4.07. The van der Waals surface area contributed by atoms with Crippen LogP contribution in [0.5, 0.6) is 5.75 Å². The maximum absolute atomic E-state index is 11.7. The topological polar surface area (TPSA) is 101 Å². The Hall–Kier alpha value is -2.42. The molecule has 1 atom stereocenters. The van der Waals surface area contributed by atoms with Gasteiger partial charge in [-0.15, -0.1) is 0 Å². The standard InChI is InChI=1S/C15H18O8/c1-19-11-7-5-10(6-8-11)15(22-4,23-18)9-12(13(16)20-2)14(17)21-3/h5-9,18H,1-4H3. The van der Waals surface area contributed by atoms with E-state index in [1.807, 2.05) is 0 Å². The molecule has 0 saturated carbocycles. The lowest BCUT2D eigenvalue weighted by atomic mass is 10.0. The van der Waals surface area contributed by atoms with Crippen molar-refractivity contribution in [1.82, 2.24) is 0 Å². The van der Waals surface area contributed by atoms with Gasteiger partial charge in [-0.25, -0.2) is 14.8 Å². The lowest BCUT2D eigenvalue weighted by molar-refractivity contribution is -0.387. The lowest BCUT2D eigenvalue weighted by Gasteiger charge is -2.26. The van der Waals surface area contributed by atoms with Gasteiger partial charge in [0.05, 0.1) is 21.3 Å². The van der Waals surface area contributed by atoms with Crippen molar-refractivity contribution in [1.29, 1.82) is 0 Å². The molecule has 1 rings (SSSR count). The van der Waals surface area contributed by atoms with Gasteiger partial charge in [0.15, 0.2) is 0 Å². The Morgan fingerprint density at radius 2 is 1.52 bits per heavy atom. The quantitative estimate of drug-likeness (QED) is 0.152. The Morgan fingerprint density at radius 3 is 1.87 bits per heavy atom. The van der Waals surface area contributed by atoms with Crippen molar-refractivity contribution < 1.29 is 38.7 Å². The first-order valence-corrected chi connectivity index (χ1v) is 6.39. The smallest absolute Gasteiger partial charge is 0.345 e. The zero-order chi connectivity index (χ0) is 17.5. The Balaban J connectivity index is 3.42. The molecular formula is C15H18O8. The molecule has 8 nitrogen and oxygen atoms in total. The maximum atomic E-state index is 11.7. The van der Waals surface area contributed by atoms with Gasteiger partial charge >= 0.3 is 11.9 Å². The molecule has 0 aliphatic heterocycles. The van der Waals surface area contributed by atoms with Crippen LogP contribution >= 0.6 is 0 Å². The second-order valence-electron chi connectivity index (χ2n) is 4.23. The number of methoxy groups -OCH3 is 4. The van der Waals surface area contributed by atoms with Gasteiger partial charge in [0.2, 0.25) is 5.79 Å². The van der Waals surface area contributed by atoms with Crippen LogP contribution in [-0.4, -0.2) is 45.6 Å². The van der Waals surface area contributed by atoms with Crippen LogP contribution in [0.15, 0.2) is 35.9 Å². The second-order valence-corrected chi connectivity index (χ2v) is 4.23. The van der Waals surface area contributed by atoms with E-state index in [0.717, 1.165) is 20.3 Å². The fourth-order valence-electron chi connectivity index (χ4n) is 1.81. The molecule has 0 aliphatic carbocycles. The molecule has 126 valence electrons. The molecule has 8 heteroatoms. The number of carbonyl (C=O) groups is 2. The summed E-state index contributed by atoms with van der Waals surface area (Å²) in [6.07, 6.45) is 0.965. The van der Waals surface area contributed by atoms with Gasteiger partial charge in [0.25, 0.3) is 0 Å². The zero-order valence-electron chi connectivity index (χ0n) is 13.2. The molecule has 0 aromatic heterocycles. The first-order chi connectivity index (χ1) is 11.0. The lowest BCUT2D eigenvalue weighted by Crippen LogP contribution is -2.31. The van der Waals surface area contributed by atoms with Crippen molar-refractivity contribution in [3.8, 4) is 5.75 Å². The average Bonchev–Trinajstić information content (AvgIpc) is 2.62. The number of rotatable bonds is 7. The van der Waals surface area contributed by atoms with E-state index >= 15 is 0 Å². The normalized spacial score (nSPS) is 12.7. The summed E-state index contributed by atoms with van der Waals surface area (Å²) in [5.41, 5.74) is -0.199. The SMILES string of the molecule is COC(=O)C(=CC(OC)(OO)c1ccc(OC)cc1)C(=O)OC. The highest BCUT2D eigenvalue weighted by Crippen LogP contribution is 2.30. The highest BCUT2D eigenvalue weighted by molar-refractivity contribution is 6.14.